The lowest BCUT2D eigenvalue weighted by Crippen LogP contribution is -2.40. The van der Waals surface area contributed by atoms with Gasteiger partial charge < -0.3 is 0 Å². The molecule has 0 aliphatic heterocycles. The van der Waals surface area contributed by atoms with Crippen LogP contribution in [0.3, 0.4) is 0 Å². The molecule has 1 N–H and O–H groups in total. The summed E-state index contributed by atoms with van der Waals surface area (Å²) in [5.41, 5.74) is 0. The second kappa shape index (κ2) is 6.61. The van der Waals surface area contributed by atoms with E-state index in [0.29, 0.717) is 18.6 Å². The van der Waals surface area contributed by atoms with Crippen LogP contribution in [-0.4, -0.2) is 42.3 Å². The van der Waals surface area contributed by atoms with Crippen molar-refractivity contribution >= 4 is 22.5 Å². The van der Waals surface area contributed by atoms with Crippen LogP contribution in [0.1, 0.15) is 27.7 Å². The van der Waals surface area contributed by atoms with Crippen LogP contribution >= 0.6 is 12.4 Å². The highest BCUT2D eigenvalue weighted by Crippen LogP contribution is 2.04. The van der Waals surface area contributed by atoms with Gasteiger partial charge in [0.15, 0.2) is 0 Å². The van der Waals surface area contributed by atoms with Gasteiger partial charge in [-0.25, -0.2) is 0 Å². The summed E-state index contributed by atoms with van der Waals surface area (Å²) < 4.78 is 29.6. The molecule has 0 unspecified atom stereocenters. The summed E-state index contributed by atoms with van der Waals surface area (Å²) in [6.45, 7) is 8.40. The van der Waals surface area contributed by atoms with Gasteiger partial charge in [0.1, 0.15) is 0 Å². The van der Waals surface area contributed by atoms with E-state index in [4.69, 9.17) is 4.55 Å². The van der Waals surface area contributed by atoms with E-state index in [1.165, 1.54) is 0 Å². The van der Waals surface area contributed by atoms with Crippen molar-refractivity contribution in [1.29, 1.82) is 0 Å². The third-order valence-corrected chi connectivity index (χ3v) is 2.63. The molecule has 0 aliphatic rings. The summed E-state index contributed by atoms with van der Waals surface area (Å²) in [6.07, 6.45) is 0. The van der Waals surface area contributed by atoms with E-state index in [0.717, 1.165) is 0 Å². The third-order valence-electron chi connectivity index (χ3n) is 1.93. The van der Waals surface area contributed by atoms with Crippen molar-refractivity contribution in [3.8, 4) is 0 Å². The SMILES string of the molecule is CC(C)N(CCS(=O)(=O)O)C(C)C.Cl. The first-order valence-electron chi connectivity index (χ1n) is 4.45. The zero-order valence-electron chi connectivity index (χ0n) is 9.10. The number of hydrogen-bond donors (Lipinski definition) is 1. The van der Waals surface area contributed by atoms with Crippen molar-refractivity contribution in [1.82, 2.24) is 4.90 Å². The monoisotopic (exact) mass is 245 g/mol. The minimum absolute atomic E-state index is 0. The third kappa shape index (κ3) is 7.55. The van der Waals surface area contributed by atoms with E-state index in [1.54, 1.807) is 0 Å². The fraction of sp³-hybridized carbons (Fsp3) is 1.00. The predicted octanol–water partition coefficient (Wildman–Crippen LogP) is 1.41. The molecule has 0 saturated carbocycles. The molecule has 88 valence electrons. The molecule has 0 radical (unpaired) electrons. The van der Waals surface area contributed by atoms with Gasteiger partial charge in [-0.05, 0) is 27.7 Å². The standard InChI is InChI=1S/C8H19NO3S.ClH/c1-7(2)9(8(3)4)5-6-13(10,11)12;/h7-8H,5-6H2,1-4H3,(H,10,11,12);1H. The Labute approximate surface area is 92.8 Å². The molecule has 4 nitrogen and oxygen atoms in total. The highest BCUT2D eigenvalue weighted by atomic mass is 35.5. The summed E-state index contributed by atoms with van der Waals surface area (Å²) in [7, 11) is -3.83. The Morgan fingerprint density at radius 3 is 1.71 bits per heavy atom. The maximum Gasteiger partial charge on any atom is 0.266 e. The molecule has 0 spiro atoms. The maximum atomic E-state index is 10.5. The molecule has 0 fully saturated rings. The summed E-state index contributed by atoms with van der Waals surface area (Å²) in [5.74, 6) is -0.191. The fourth-order valence-corrected chi connectivity index (χ4v) is 1.77. The molecule has 0 aromatic carbocycles. The van der Waals surface area contributed by atoms with Gasteiger partial charge in [0.25, 0.3) is 10.1 Å². The number of nitrogens with zero attached hydrogens (tertiary/aromatic N) is 1. The van der Waals surface area contributed by atoms with Gasteiger partial charge in [-0.2, -0.15) is 8.42 Å². The van der Waals surface area contributed by atoms with Gasteiger partial charge in [-0.15, -0.1) is 12.4 Å². The molecule has 0 heterocycles. The van der Waals surface area contributed by atoms with Gasteiger partial charge in [0.2, 0.25) is 0 Å². The van der Waals surface area contributed by atoms with E-state index in [2.05, 4.69) is 0 Å². The van der Waals surface area contributed by atoms with Crippen molar-refractivity contribution in [3.05, 3.63) is 0 Å². The molecule has 14 heavy (non-hydrogen) atoms. The average molecular weight is 246 g/mol. The minimum atomic E-state index is -3.83. The second-order valence-corrected chi connectivity index (χ2v) is 5.28. The molecule has 0 bridgehead atoms. The van der Waals surface area contributed by atoms with Crippen LogP contribution in [0, 0.1) is 0 Å². The zero-order chi connectivity index (χ0) is 10.6. The lowest BCUT2D eigenvalue weighted by Gasteiger charge is -2.29. The first kappa shape index (κ1) is 16.6. The van der Waals surface area contributed by atoms with Gasteiger partial charge in [-0.3, -0.25) is 9.45 Å². The number of halogens is 1. The lowest BCUT2D eigenvalue weighted by molar-refractivity contribution is 0.185. The molecule has 0 amide bonds. The van der Waals surface area contributed by atoms with E-state index in [-0.39, 0.29) is 18.2 Å². The maximum absolute atomic E-state index is 10.5. The Kier molecular flexibility index (Phi) is 7.83. The first-order chi connectivity index (χ1) is 5.74. The van der Waals surface area contributed by atoms with Crippen LogP contribution in [0.15, 0.2) is 0 Å². The molecule has 0 aromatic heterocycles. The molecule has 0 aromatic rings. The highest BCUT2D eigenvalue weighted by molar-refractivity contribution is 7.85. The lowest BCUT2D eigenvalue weighted by atomic mass is 10.2. The van der Waals surface area contributed by atoms with Crippen LogP contribution in [0.25, 0.3) is 0 Å². The minimum Gasteiger partial charge on any atom is -0.297 e. The highest BCUT2D eigenvalue weighted by Gasteiger charge is 2.15. The van der Waals surface area contributed by atoms with Crippen molar-refractivity contribution in [2.45, 2.75) is 39.8 Å². The van der Waals surface area contributed by atoms with Crippen molar-refractivity contribution in [2.75, 3.05) is 12.3 Å². The van der Waals surface area contributed by atoms with Gasteiger partial charge in [0.05, 0.1) is 5.75 Å². The van der Waals surface area contributed by atoms with Gasteiger partial charge >= 0.3 is 0 Å². The normalized spacial score (nSPS) is 12.3. The molecule has 0 rings (SSSR count). The van der Waals surface area contributed by atoms with Crippen LogP contribution in [-0.2, 0) is 10.1 Å². The van der Waals surface area contributed by atoms with Gasteiger partial charge in [-0.1, -0.05) is 0 Å². The molecule has 0 atom stereocenters. The largest absolute Gasteiger partial charge is 0.297 e. The number of rotatable bonds is 5. The Morgan fingerprint density at radius 2 is 1.50 bits per heavy atom. The summed E-state index contributed by atoms with van der Waals surface area (Å²) in [6, 6.07) is 0.587. The average Bonchev–Trinajstić information content (AvgIpc) is 1.82. The van der Waals surface area contributed by atoms with Crippen molar-refractivity contribution in [3.63, 3.8) is 0 Å². The van der Waals surface area contributed by atoms with Crippen molar-refractivity contribution < 1.29 is 13.0 Å². The Bertz CT molecular complexity index is 231. The molecule has 6 heteroatoms. The van der Waals surface area contributed by atoms with Crippen molar-refractivity contribution in [2.24, 2.45) is 0 Å². The molecule has 0 saturated heterocycles. The number of hydrogen-bond acceptors (Lipinski definition) is 3. The fourth-order valence-electron chi connectivity index (χ4n) is 1.33. The van der Waals surface area contributed by atoms with Gasteiger partial charge in [0, 0.05) is 18.6 Å². The van der Waals surface area contributed by atoms with E-state index in [1.807, 2.05) is 32.6 Å². The zero-order valence-corrected chi connectivity index (χ0v) is 10.7. The topological polar surface area (TPSA) is 57.6 Å². The van der Waals surface area contributed by atoms with Crippen LogP contribution in [0.2, 0.25) is 0 Å². The Morgan fingerprint density at radius 1 is 1.14 bits per heavy atom. The summed E-state index contributed by atoms with van der Waals surface area (Å²) >= 11 is 0. The quantitative estimate of drug-likeness (QED) is 0.745. The van der Waals surface area contributed by atoms with E-state index >= 15 is 0 Å². The van der Waals surface area contributed by atoms with Crippen LogP contribution < -0.4 is 0 Å². The van der Waals surface area contributed by atoms with E-state index in [9.17, 15) is 8.42 Å². The molecule has 0 aliphatic carbocycles. The smallest absolute Gasteiger partial charge is 0.266 e. The van der Waals surface area contributed by atoms with Crippen LogP contribution in [0.5, 0.6) is 0 Å². The summed E-state index contributed by atoms with van der Waals surface area (Å²) in [5, 5.41) is 0. The molecular weight excluding hydrogens is 226 g/mol. The summed E-state index contributed by atoms with van der Waals surface area (Å²) in [4.78, 5) is 2.02. The molecular formula is C8H20ClNO3S. The first-order valence-corrected chi connectivity index (χ1v) is 6.06. The van der Waals surface area contributed by atoms with Crippen LogP contribution in [0.4, 0.5) is 0 Å². The van der Waals surface area contributed by atoms with E-state index < -0.39 is 10.1 Å². The Balaban J connectivity index is 0. The Hall–Kier alpha value is 0.160. The second-order valence-electron chi connectivity index (χ2n) is 3.71. The predicted molar refractivity (Wildman–Crippen MR) is 60.6 cm³/mol.